The van der Waals surface area contributed by atoms with Crippen LogP contribution in [0.1, 0.15) is 17.2 Å². The molecule has 0 radical (unpaired) electrons. The van der Waals surface area contributed by atoms with Crippen molar-refractivity contribution < 1.29 is 13.2 Å². The van der Waals surface area contributed by atoms with Crippen molar-refractivity contribution in [2.75, 3.05) is 6.26 Å². The average Bonchev–Trinajstić information content (AvgIpc) is 2.44. The summed E-state index contributed by atoms with van der Waals surface area (Å²) in [7, 11) is 0. The third-order valence-electron chi connectivity index (χ3n) is 2.88. The van der Waals surface area contributed by atoms with Gasteiger partial charge < -0.3 is 5.73 Å². The molecule has 1 atom stereocenters. The van der Waals surface area contributed by atoms with E-state index in [-0.39, 0.29) is 5.56 Å². The summed E-state index contributed by atoms with van der Waals surface area (Å²) in [4.78, 5) is 1.04. The fourth-order valence-electron chi connectivity index (χ4n) is 1.77. The fraction of sp³-hybridized carbons (Fsp3) is 0.143. The molecular formula is C14H12F3NS. The highest BCUT2D eigenvalue weighted by atomic mass is 32.2. The van der Waals surface area contributed by atoms with E-state index < -0.39 is 23.5 Å². The molecule has 2 aromatic rings. The normalized spacial score (nSPS) is 12.5. The van der Waals surface area contributed by atoms with Gasteiger partial charge in [0.05, 0.1) is 6.04 Å². The molecule has 1 nitrogen and oxygen atoms in total. The van der Waals surface area contributed by atoms with Crippen LogP contribution in [0.2, 0.25) is 0 Å². The van der Waals surface area contributed by atoms with Crippen LogP contribution in [0.15, 0.2) is 41.3 Å². The molecule has 0 saturated carbocycles. The maximum absolute atomic E-state index is 13.6. The van der Waals surface area contributed by atoms with Crippen LogP contribution in [0.4, 0.5) is 13.2 Å². The van der Waals surface area contributed by atoms with E-state index in [1.807, 2.05) is 18.4 Å². The standard InChI is InChI=1S/C14H12F3NS/c1-19-9-4-2-8(3-5-9)14(18)10-6-7-11(15)13(17)12(10)16/h2-7,14H,18H2,1H3. The van der Waals surface area contributed by atoms with Gasteiger partial charge in [-0.1, -0.05) is 18.2 Å². The van der Waals surface area contributed by atoms with Crippen LogP contribution >= 0.6 is 11.8 Å². The van der Waals surface area contributed by atoms with E-state index >= 15 is 0 Å². The first-order valence-electron chi connectivity index (χ1n) is 5.57. The number of nitrogens with two attached hydrogens (primary N) is 1. The van der Waals surface area contributed by atoms with Gasteiger partial charge in [-0.15, -0.1) is 11.8 Å². The molecule has 0 fully saturated rings. The van der Waals surface area contributed by atoms with E-state index in [1.54, 1.807) is 23.9 Å². The Morgan fingerprint density at radius 1 is 0.947 bits per heavy atom. The summed E-state index contributed by atoms with van der Waals surface area (Å²) in [6, 6.07) is 8.40. The summed E-state index contributed by atoms with van der Waals surface area (Å²) in [5.74, 6) is -3.94. The SMILES string of the molecule is CSc1ccc(C(N)c2ccc(F)c(F)c2F)cc1. The van der Waals surface area contributed by atoms with Crippen LogP contribution in [0.25, 0.3) is 0 Å². The summed E-state index contributed by atoms with van der Waals surface area (Å²) < 4.78 is 39.7. The molecule has 2 N–H and O–H groups in total. The zero-order valence-corrected chi connectivity index (χ0v) is 11.0. The largest absolute Gasteiger partial charge is 0.320 e. The number of rotatable bonds is 3. The first-order chi connectivity index (χ1) is 9.04. The molecule has 2 rings (SSSR count). The Labute approximate surface area is 113 Å². The van der Waals surface area contributed by atoms with Gasteiger partial charge in [-0.3, -0.25) is 0 Å². The van der Waals surface area contributed by atoms with Gasteiger partial charge in [0.15, 0.2) is 17.5 Å². The Hall–Kier alpha value is -1.46. The van der Waals surface area contributed by atoms with Crippen molar-refractivity contribution in [3.63, 3.8) is 0 Å². The third-order valence-corrected chi connectivity index (χ3v) is 3.62. The topological polar surface area (TPSA) is 26.0 Å². The molecule has 0 amide bonds. The number of hydrogen-bond donors (Lipinski definition) is 1. The predicted molar refractivity (Wildman–Crippen MR) is 70.6 cm³/mol. The summed E-state index contributed by atoms with van der Waals surface area (Å²) in [5, 5.41) is 0. The molecule has 0 aromatic heterocycles. The lowest BCUT2D eigenvalue weighted by Crippen LogP contribution is -2.15. The maximum Gasteiger partial charge on any atom is 0.194 e. The second kappa shape index (κ2) is 5.67. The lowest BCUT2D eigenvalue weighted by molar-refractivity contribution is 0.438. The van der Waals surface area contributed by atoms with Crippen LogP contribution in [-0.2, 0) is 0 Å². The summed E-state index contributed by atoms with van der Waals surface area (Å²) in [6.07, 6.45) is 1.93. The van der Waals surface area contributed by atoms with E-state index in [2.05, 4.69) is 0 Å². The predicted octanol–water partition coefficient (Wildman–Crippen LogP) is 3.87. The van der Waals surface area contributed by atoms with Crippen molar-refractivity contribution in [3.8, 4) is 0 Å². The smallest absolute Gasteiger partial charge is 0.194 e. The first kappa shape index (κ1) is 14.0. The highest BCUT2D eigenvalue weighted by Crippen LogP contribution is 2.26. The number of thioether (sulfide) groups is 1. The minimum atomic E-state index is -1.49. The van der Waals surface area contributed by atoms with E-state index in [0.29, 0.717) is 5.56 Å². The van der Waals surface area contributed by atoms with Gasteiger partial charge in [-0.05, 0) is 30.0 Å². The molecule has 0 aliphatic rings. The Bertz CT molecular complexity index is 584. The highest BCUT2D eigenvalue weighted by molar-refractivity contribution is 7.98. The van der Waals surface area contributed by atoms with Gasteiger partial charge >= 0.3 is 0 Å². The summed E-state index contributed by atoms with van der Waals surface area (Å²) >= 11 is 1.57. The Balaban J connectivity index is 2.38. The van der Waals surface area contributed by atoms with Crippen LogP contribution in [0.3, 0.4) is 0 Å². The molecule has 0 aliphatic heterocycles. The maximum atomic E-state index is 13.6. The van der Waals surface area contributed by atoms with Crippen LogP contribution in [-0.4, -0.2) is 6.26 Å². The number of benzene rings is 2. The van der Waals surface area contributed by atoms with E-state index in [0.717, 1.165) is 11.0 Å². The Morgan fingerprint density at radius 3 is 2.16 bits per heavy atom. The second-order valence-corrected chi connectivity index (χ2v) is 4.90. The van der Waals surface area contributed by atoms with Crippen molar-refractivity contribution in [1.29, 1.82) is 0 Å². The van der Waals surface area contributed by atoms with Crippen LogP contribution in [0.5, 0.6) is 0 Å². The van der Waals surface area contributed by atoms with Gasteiger partial charge in [0.25, 0.3) is 0 Å². The molecule has 2 aromatic carbocycles. The molecular weight excluding hydrogens is 271 g/mol. The van der Waals surface area contributed by atoms with Gasteiger partial charge in [0.2, 0.25) is 0 Å². The molecule has 0 aliphatic carbocycles. The minimum absolute atomic E-state index is 0.0594. The number of hydrogen-bond acceptors (Lipinski definition) is 2. The van der Waals surface area contributed by atoms with E-state index in [1.165, 1.54) is 6.07 Å². The molecule has 0 bridgehead atoms. The van der Waals surface area contributed by atoms with Gasteiger partial charge in [-0.2, -0.15) is 0 Å². The summed E-state index contributed by atoms with van der Waals surface area (Å²) in [5.41, 5.74) is 6.47. The second-order valence-electron chi connectivity index (χ2n) is 4.02. The monoisotopic (exact) mass is 283 g/mol. The molecule has 5 heteroatoms. The van der Waals surface area contributed by atoms with E-state index in [9.17, 15) is 13.2 Å². The molecule has 0 spiro atoms. The molecule has 19 heavy (non-hydrogen) atoms. The highest BCUT2D eigenvalue weighted by Gasteiger charge is 2.19. The molecule has 0 saturated heterocycles. The fourth-order valence-corrected chi connectivity index (χ4v) is 2.18. The minimum Gasteiger partial charge on any atom is -0.320 e. The quantitative estimate of drug-likeness (QED) is 0.683. The van der Waals surface area contributed by atoms with Crippen molar-refractivity contribution >= 4 is 11.8 Å². The Morgan fingerprint density at radius 2 is 1.58 bits per heavy atom. The van der Waals surface area contributed by atoms with Gasteiger partial charge in [0, 0.05) is 10.5 Å². The third kappa shape index (κ3) is 2.77. The summed E-state index contributed by atoms with van der Waals surface area (Å²) in [6.45, 7) is 0. The van der Waals surface area contributed by atoms with Gasteiger partial charge in [-0.25, -0.2) is 13.2 Å². The van der Waals surface area contributed by atoms with Gasteiger partial charge in [0.1, 0.15) is 0 Å². The Kier molecular flexibility index (Phi) is 4.17. The van der Waals surface area contributed by atoms with Crippen molar-refractivity contribution in [2.45, 2.75) is 10.9 Å². The zero-order chi connectivity index (χ0) is 14.0. The lowest BCUT2D eigenvalue weighted by atomic mass is 9.99. The van der Waals surface area contributed by atoms with Crippen molar-refractivity contribution in [3.05, 3.63) is 65.0 Å². The average molecular weight is 283 g/mol. The van der Waals surface area contributed by atoms with Crippen LogP contribution in [0, 0.1) is 17.5 Å². The van der Waals surface area contributed by atoms with Crippen molar-refractivity contribution in [1.82, 2.24) is 0 Å². The number of halogens is 3. The zero-order valence-electron chi connectivity index (χ0n) is 10.2. The molecule has 0 heterocycles. The first-order valence-corrected chi connectivity index (χ1v) is 6.80. The molecule has 100 valence electrons. The lowest BCUT2D eigenvalue weighted by Gasteiger charge is -2.14. The molecule has 1 unspecified atom stereocenters. The van der Waals surface area contributed by atoms with Crippen LogP contribution < -0.4 is 5.73 Å². The van der Waals surface area contributed by atoms with E-state index in [4.69, 9.17) is 5.73 Å². The van der Waals surface area contributed by atoms with Crippen molar-refractivity contribution in [2.24, 2.45) is 5.73 Å².